The molecule has 0 amide bonds. The largest absolute Gasteiger partial charge is 0.198 e. The predicted molar refractivity (Wildman–Crippen MR) is 57.4 cm³/mol. The highest BCUT2D eigenvalue weighted by Gasteiger charge is 1.86. The molecule has 74 valence electrons. The molecular weight excluding hydrogens is 158 g/mol. The first-order chi connectivity index (χ1) is 6.41. The van der Waals surface area contributed by atoms with Gasteiger partial charge in [-0.15, -0.1) is 0 Å². The van der Waals surface area contributed by atoms with Crippen molar-refractivity contribution < 1.29 is 0 Å². The van der Waals surface area contributed by atoms with Crippen LogP contribution < -0.4 is 0 Å². The molecule has 0 fully saturated rings. The van der Waals surface area contributed by atoms with Gasteiger partial charge in [0.15, 0.2) is 0 Å². The third-order valence-electron chi connectivity index (χ3n) is 2.06. The lowest BCUT2D eigenvalue weighted by molar-refractivity contribution is 0.637. The SMILES string of the molecule is CCCCCCC/C=C/CCC#N. The second-order valence-corrected chi connectivity index (χ2v) is 3.37. The van der Waals surface area contributed by atoms with Crippen LogP contribution in [0.5, 0.6) is 0 Å². The van der Waals surface area contributed by atoms with E-state index in [-0.39, 0.29) is 0 Å². The van der Waals surface area contributed by atoms with E-state index in [1.54, 1.807) is 0 Å². The van der Waals surface area contributed by atoms with E-state index in [0.29, 0.717) is 6.42 Å². The molecule has 0 bridgehead atoms. The third-order valence-corrected chi connectivity index (χ3v) is 2.06. The first-order valence-corrected chi connectivity index (χ1v) is 5.43. The highest BCUT2D eigenvalue weighted by molar-refractivity contribution is 4.85. The highest BCUT2D eigenvalue weighted by atomic mass is 14.2. The summed E-state index contributed by atoms with van der Waals surface area (Å²) in [6.45, 7) is 2.24. The Kier molecular flexibility index (Phi) is 10.6. The molecule has 0 aromatic rings. The van der Waals surface area contributed by atoms with E-state index >= 15 is 0 Å². The Bertz CT molecular complexity index is 153. The standard InChI is InChI=1S/C12H21N/c1-2-3-4-5-6-7-8-9-10-11-12-13/h8-9H,2-7,10-11H2,1H3/b9-8+. The molecule has 0 saturated heterocycles. The lowest BCUT2D eigenvalue weighted by Crippen LogP contribution is -1.75. The van der Waals surface area contributed by atoms with Crippen molar-refractivity contribution in [3.8, 4) is 6.07 Å². The van der Waals surface area contributed by atoms with Gasteiger partial charge in [0.2, 0.25) is 0 Å². The van der Waals surface area contributed by atoms with E-state index in [2.05, 4.69) is 25.1 Å². The Morgan fingerprint density at radius 3 is 2.38 bits per heavy atom. The van der Waals surface area contributed by atoms with E-state index in [0.717, 1.165) is 6.42 Å². The number of allylic oxidation sites excluding steroid dienone is 2. The molecular formula is C12H21N. The molecule has 0 aliphatic heterocycles. The van der Waals surface area contributed by atoms with Crippen LogP contribution in [0.2, 0.25) is 0 Å². The molecule has 0 atom stereocenters. The summed E-state index contributed by atoms with van der Waals surface area (Å²) in [5, 5.41) is 8.28. The Morgan fingerprint density at radius 1 is 1.00 bits per heavy atom. The van der Waals surface area contributed by atoms with Crippen molar-refractivity contribution in [3.05, 3.63) is 12.2 Å². The molecule has 0 aromatic carbocycles. The van der Waals surface area contributed by atoms with Crippen LogP contribution in [0.25, 0.3) is 0 Å². The van der Waals surface area contributed by atoms with Crippen molar-refractivity contribution >= 4 is 0 Å². The maximum absolute atomic E-state index is 8.28. The van der Waals surface area contributed by atoms with E-state index in [9.17, 15) is 0 Å². The van der Waals surface area contributed by atoms with Crippen molar-refractivity contribution in [1.29, 1.82) is 5.26 Å². The summed E-state index contributed by atoms with van der Waals surface area (Å²) in [5.41, 5.74) is 0. The number of nitrogens with zero attached hydrogens (tertiary/aromatic N) is 1. The number of nitriles is 1. The third kappa shape index (κ3) is 11.2. The summed E-state index contributed by atoms with van der Waals surface area (Å²) < 4.78 is 0. The molecule has 13 heavy (non-hydrogen) atoms. The van der Waals surface area contributed by atoms with E-state index in [1.165, 1.54) is 38.5 Å². The fraction of sp³-hybridized carbons (Fsp3) is 0.750. The minimum absolute atomic E-state index is 0.659. The van der Waals surface area contributed by atoms with Crippen molar-refractivity contribution in [3.63, 3.8) is 0 Å². The number of hydrogen-bond donors (Lipinski definition) is 0. The Hall–Kier alpha value is -0.770. The Balaban J connectivity index is 2.98. The normalized spacial score (nSPS) is 10.5. The topological polar surface area (TPSA) is 23.8 Å². The zero-order valence-corrected chi connectivity index (χ0v) is 8.76. The van der Waals surface area contributed by atoms with E-state index < -0.39 is 0 Å². The molecule has 0 spiro atoms. The van der Waals surface area contributed by atoms with Gasteiger partial charge in [0.05, 0.1) is 6.07 Å². The smallest absolute Gasteiger partial charge is 0.0624 e. The molecule has 0 rings (SSSR count). The summed E-state index contributed by atoms with van der Waals surface area (Å²) in [6, 6.07) is 2.14. The molecule has 0 saturated carbocycles. The van der Waals surface area contributed by atoms with Crippen LogP contribution in [0.4, 0.5) is 0 Å². The van der Waals surface area contributed by atoms with Gasteiger partial charge in [-0.25, -0.2) is 0 Å². The van der Waals surface area contributed by atoms with E-state index in [4.69, 9.17) is 5.26 Å². The summed E-state index contributed by atoms with van der Waals surface area (Å²) in [4.78, 5) is 0. The summed E-state index contributed by atoms with van der Waals surface area (Å²) in [5.74, 6) is 0. The number of rotatable bonds is 8. The van der Waals surface area contributed by atoms with Gasteiger partial charge in [0, 0.05) is 6.42 Å². The maximum Gasteiger partial charge on any atom is 0.0624 e. The minimum Gasteiger partial charge on any atom is -0.198 e. The molecule has 0 unspecified atom stereocenters. The molecule has 0 radical (unpaired) electrons. The van der Waals surface area contributed by atoms with Gasteiger partial charge in [-0.2, -0.15) is 5.26 Å². The highest BCUT2D eigenvalue weighted by Crippen LogP contribution is 2.05. The average Bonchev–Trinajstić information content (AvgIpc) is 2.16. The van der Waals surface area contributed by atoms with Crippen molar-refractivity contribution in [2.75, 3.05) is 0 Å². The summed E-state index contributed by atoms with van der Waals surface area (Å²) in [7, 11) is 0. The van der Waals surface area contributed by atoms with Gasteiger partial charge >= 0.3 is 0 Å². The van der Waals surface area contributed by atoms with Gasteiger partial charge in [0.25, 0.3) is 0 Å². The van der Waals surface area contributed by atoms with Gasteiger partial charge in [-0.1, -0.05) is 44.8 Å². The quantitative estimate of drug-likeness (QED) is 0.404. The van der Waals surface area contributed by atoms with Gasteiger partial charge in [-0.05, 0) is 19.3 Å². The zero-order chi connectivity index (χ0) is 9.78. The van der Waals surface area contributed by atoms with Crippen LogP contribution in [0.15, 0.2) is 12.2 Å². The van der Waals surface area contributed by atoms with Gasteiger partial charge in [0.1, 0.15) is 0 Å². The van der Waals surface area contributed by atoms with Crippen molar-refractivity contribution in [1.82, 2.24) is 0 Å². The minimum atomic E-state index is 0.659. The molecule has 0 aliphatic carbocycles. The Labute approximate surface area is 82.5 Å². The first kappa shape index (κ1) is 12.2. The summed E-state index contributed by atoms with van der Waals surface area (Å²) in [6.07, 6.45) is 13.8. The van der Waals surface area contributed by atoms with Gasteiger partial charge in [-0.3, -0.25) is 0 Å². The Morgan fingerprint density at radius 2 is 1.69 bits per heavy atom. The predicted octanol–water partition coefficient (Wildman–Crippen LogP) is 4.21. The summed E-state index contributed by atoms with van der Waals surface area (Å²) >= 11 is 0. The van der Waals surface area contributed by atoms with Crippen molar-refractivity contribution in [2.24, 2.45) is 0 Å². The molecule has 1 heteroatoms. The van der Waals surface area contributed by atoms with Crippen LogP contribution in [0.1, 0.15) is 58.3 Å². The fourth-order valence-electron chi connectivity index (χ4n) is 1.25. The van der Waals surface area contributed by atoms with Crippen LogP contribution in [-0.4, -0.2) is 0 Å². The molecule has 1 nitrogen and oxygen atoms in total. The first-order valence-electron chi connectivity index (χ1n) is 5.43. The fourth-order valence-corrected chi connectivity index (χ4v) is 1.25. The second kappa shape index (κ2) is 11.2. The number of hydrogen-bond acceptors (Lipinski definition) is 1. The van der Waals surface area contributed by atoms with Crippen LogP contribution in [0, 0.1) is 11.3 Å². The van der Waals surface area contributed by atoms with Gasteiger partial charge < -0.3 is 0 Å². The lowest BCUT2D eigenvalue weighted by atomic mass is 10.1. The average molecular weight is 179 g/mol. The van der Waals surface area contributed by atoms with Crippen LogP contribution in [-0.2, 0) is 0 Å². The van der Waals surface area contributed by atoms with Crippen LogP contribution >= 0.6 is 0 Å². The number of unbranched alkanes of at least 4 members (excludes halogenated alkanes) is 6. The zero-order valence-electron chi connectivity index (χ0n) is 8.76. The second-order valence-electron chi connectivity index (χ2n) is 3.37. The van der Waals surface area contributed by atoms with E-state index in [1.807, 2.05) is 0 Å². The molecule has 0 aliphatic rings. The maximum atomic E-state index is 8.28. The molecule has 0 heterocycles. The van der Waals surface area contributed by atoms with Crippen molar-refractivity contribution in [2.45, 2.75) is 58.3 Å². The monoisotopic (exact) mass is 179 g/mol. The lowest BCUT2D eigenvalue weighted by Gasteiger charge is -1.95. The van der Waals surface area contributed by atoms with Crippen LogP contribution in [0.3, 0.4) is 0 Å². The molecule has 0 N–H and O–H groups in total. The molecule has 0 aromatic heterocycles.